The number of anilines is 1. The van der Waals surface area contributed by atoms with Gasteiger partial charge in [0.1, 0.15) is 0 Å². The van der Waals surface area contributed by atoms with Crippen LogP contribution in [-0.2, 0) is 20.0 Å². The lowest BCUT2D eigenvalue weighted by Crippen LogP contribution is -2.16. The molecule has 0 unspecified atom stereocenters. The summed E-state index contributed by atoms with van der Waals surface area (Å²) in [5.41, 5.74) is 2.32. The molecule has 0 spiro atoms. The Labute approximate surface area is 164 Å². The molecule has 0 bridgehead atoms. The predicted octanol–water partition coefficient (Wildman–Crippen LogP) is 4.61. The van der Waals surface area contributed by atoms with E-state index in [9.17, 15) is 4.57 Å². The van der Waals surface area contributed by atoms with Crippen molar-refractivity contribution >= 4 is 31.1 Å². The zero-order valence-corrected chi connectivity index (χ0v) is 16.8. The second kappa shape index (κ2) is 9.51. The fourth-order valence-corrected chi connectivity index (χ4v) is 3.73. The maximum Gasteiger partial charge on any atom is 0.384 e. The minimum Gasteiger partial charge on any atom is -0.420 e. The van der Waals surface area contributed by atoms with Crippen molar-refractivity contribution in [3.8, 4) is 0 Å². The monoisotopic (exact) mass is 398 g/mol. The van der Waals surface area contributed by atoms with Crippen LogP contribution in [0.3, 0.4) is 0 Å². The van der Waals surface area contributed by atoms with E-state index in [0.29, 0.717) is 12.4 Å². The van der Waals surface area contributed by atoms with E-state index in [1.54, 1.807) is 6.08 Å². The van der Waals surface area contributed by atoms with E-state index in [1.807, 2.05) is 66.7 Å². The summed E-state index contributed by atoms with van der Waals surface area (Å²) in [6.07, 6.45) is 4.37. The molecule has 0 saturated heterocycles. The number of aromatic nitrogens is 1. The van der Waals surface area contributed by atoms with Gasteiger partial charge in [0.25, 0.3) is 0 Å². The zero-order valence-electron chi connectivity index (χ0n) is 15.9. The van der Waals surface area contributed by atoms with Crippen LogP contribution in [-0.4, -0.2) is 25.7 Å². The van der Waals surface area contributed by atoms with Crippen LogP contribution in [0.5, 0.6) is 0 Å². The fourth-order valence-electron chi connectivity index (χ4n) is 2.64. The number of rotatable bonds is 9. The van der Waals surface area contributed by atoms with Gasteiger partial charge in [-0.2, -0.15) is 4.98 Å². The summed E-state index contributed by atoms with van der Waals surface area (Å²) >= 11 is 0. The topological polar surface area (TPSA) is 73.6 Å². The molecule has 0 atom stereocenters. The van der Waals surface area contributed by atoms with Gasteiger partial charge in [0.2, 0.25) is 17.2 Å². The van der Waals surface area contributed by atoms with Crippen molar-refractivity contribution in [2.24, 2.45) is 0 Å². The van der Waals surface area contributed by atoms with Crippen molar-refractivity contribution in [3.05, 3.63) is 77.7 Å². The van der Waals surface area contributed by atoms with Crippen LogP contribution in [0.1, 0.15) is 17.0 Å². The normalized spacial score (nSPS) is 11.8. The molecule has 28 heavy (non-hydrogen) atoms. The lowest BCUT2D eigenvalue weighted by atomic mass is 10.1. The molecule has 1 heterocycles. The predicted molar refractivity (Wildman–Crippen MR) is 112 cm³/mol. The molecule has 3 aromatic rings. The number of benzene rings is 2. The molecule has 0 aliphatic rings. The highest BCUT2D eigenvalue weighted by atomic mass is 31.2. The molecular formula is C21H23N2O4P. The van der Waals surface area contributed by atoms with Crippen LogP contribution in [0.4, 0.5) is 5.88 Å². The van der Waals surface area contributed by atoms with Gasteiger partial charge in [-0.3, -0.25) is 4.57 Å². The Morgan fingerprint density at radius 1 is 1.00 bits per heavy atom. The third-order valence-electron chi connectivity index (χ3n) is 4.13. The van der Waals surface area contributed by atoms with Crippen molar-refractivity contribution in [2.75, 3.05) is 26.1 Å². The molecule has 0 fully saturated rings. The summed E-state index contributed by atoms with van der Waals surface area (Å²) in [5.74, 6) is 0.603. The minimum atomic E-state index is -3.56. The molecule has 0 aliphatic heterocycles. The summed E-state index contributed by atoms with van der Waals surface area (Å²) in [5, 5.41) is 3.16. The molecule has 146 valence electrons. The molecule has 1 aromatic heterocycles. The first-order chi connectivity index (χ1) is 13.6. The molecule has 0 aliphatic carbocycles. The lowest BCUT2D eigenvalue weighted by molar-refractivity contribution is 0.286. The SMILES string of the molecule is COP(=O)(OC)c1nc(/C=C/c2ccccc2)oc1NCCc1ccccc1. The van der Waals surface area contributed by atoms with E-state index in [-0.39, 0.29) is 11.3 Å². The third kappa shape index (κ3) is 4.98. The highest BCUT2D eigenvalue weighted by Gasteiger charge is 2.33. The Morgan fingerprint density at radius 2 is 1.64 bits per heavy atom. The van der Waals surface area contributed by atoms with E-state index in [1.165, 1.54) is 19.8 Å². The summed E-state index contributed by atoms with van der Waals surface area (Å²) < 4.78 is 28.8. The number of hydrogen-bond donors (Lipinski definition) is 1. The molecule has 7 heteroatoms. The summed E-state index contributed by atoms with van der Waals surface area (Å²) in [6, 6.07) is 19.8. The summed E-state index contributed by atoms with van der Waals surface area (Å²) in [4.78, 5) is 4.34. The Kier molecular flexibility index (Phi) is 6.82. The maximum absolute atomic E-state index is 12.9. The first kappa shape index (κ1) is 20.1. The van der Waals surface area contributed by atoms with Gasteiger partial charge in [-0.15, -0.1) is 0 Å². The highest BCUT2D eigenvalue weighted by molar-refractivity contribution is 7.62. The second-order valence-corrected chi connectivity index (χ2v) is 8.12. The quantitative estimate of drug-likeness (QED) is 0.531. The summed E-state index contributed by atoms with van der Waals surface area (Å²) in [6.45, 7) is 0.585. The Hall–Kier alpha value is -2.66. The van der Waals surface area contributed by atoms with E-state index in [2.05, 4.69) is 10.3 Å². The zero-order chi connectivity index (χ0) is 19.8. The summed E-state index contributed by atoms with van der Waals surface area (Å²) in [7, 11) is -0.908. The molecule has 0 amide bonds. The average molecular weight is 398 g/mol. The number of hydrogen-bond acceptors (Lipinski definition) is 6. The average Bonchev–Trinajstić information content (AvgIpc) is 3.17. The molecule has 1 N–H and O–H groups in total. The first-order valence-corrected chi connectivity index (χ1v) is 10.4. The van der Waals surface area contributed by atoms with Crippen molar-refractivity contribution < 1.29 is 18.0 Å². The Bertz CT molecular complexity index is 947. The molecular weight excluding hydrogens is 375 g/mol. The van der Waals surface area contributed by atoms with Gasteiger partial charge >= 0.3 is 7.60 Å². The van der Waals surface area contributed by atoms with Gasteiger partial charge in [0.15, 0.2) is 0 Å². The molecule has 0 radical (unpaired) electrons. The van der Waals surface area contributed by atoms with Gasteiger partial charge in [-0.05, 0) is 23.6 Å². The number of oxazole rings is 1. The van der Waals surface area contributed by atoms with Crippen molar-refractivity contribution in [2.45, 2.75) is 6.42 Å². The Morgan fingerprint density at radius 3 is 2.29 bits per heavy atom. The largest absolute Gasteiger partial charge is 0.420 e. The highest BCUT2D eigenvalue weighted by Crippen LogP contribution is 2.47. The fraction of sp³-hybridized carbons (Fsp3) is 0.190. The van der Waals surface area contributed by atoms with Crippen molar-refractivity contribution in [1.82, 2.24) is 4.98 Å². The van der Waals surface area contributed by atoms with Crippen LogP contribution in [0.2, 0.25) is 0 Å². The van der Waals surface area contributed by atoms with Crippen LogP contribution >= 0.6 is 7.60 Å². The second-order valence-electron chi connectivity index (χ2n) is 5.97. The molecule has 2 aromatic carbocycles. The van der Waals surface area contributed by atoms with Crippen LogP contribution < -0.4 is 10.8 Å². The van der Waals surface area contributed by atoms with Gasteiger partial charge in [-0.25, -0.2) is 0 Å². The van der Waals surface area contributed by atoms with Gasteiger partial charge < -0.3 is 18.8 Å². The smallest absolute Gasteiger partial charge is 0.384 e. The van der Waals surface area contributed by atoms with Crippen molar-refractivity contribution in [3.63, 3.8) is 0 Å². The third-order valence-corrected chi connectivity index (χ3v) is 5.91. The van der Waals surface area contributed by atoms with Gasteiger partial charge in [0, 0.05) is 26.8 Å². The minimum absolute atomic E-state index is 0.137. The van der Waals surface area contributed by atoms with Gasteiger partial charge in [0.05, 0.1) is 0 Å². The standard InChI is InChI=1S/C21H23N2O4P/c1-25-28(24,26-2)21-20(22-16-15-18-11-7-4-8-12-18)27-19(23-21)14-13-17-9-5-3-6-10-17/h3-14,22H,15-16H2,1-2H3/b14-13+. The van der Waals surface area contributed by atoms with Crippen LogP contribution in [0, 0.1) is 0 Å². The van der Waals surface area contributed by atoms with E-state index in [4.69, 9.17) is 13.5 Å². The van der Waals surface area contributed by atoms with E-state index < -0.39 is 7.60 Å². The number of nitrogens with one attached hydrogen (secondary N) is 1. The molecule has 6 nitrogen and oxygen atoms in total. The van der Waals surface area contributed by atoms with E-state index >= 15 is 0 Å². The number of nitrogens with zero attached hydrogens (tertiary/aromatic N) is 1. The van der Waals surface area contributed by atoms with Gasteiger partial charge in [-0.1, -0.05) is 60.7 Å². The van der Waals surface area contributed by atoms with Crippen molar-refractivity contribution in [1.29, 1.82) is 0 Å². The molecule has 0 saturated carbocycles. The first-order valence-electron chi connectivity index (χ1n) is 8.88. The van der Waals surface area contributed by atoms with Crippen LogP contribution in [0.15, 0.2) is 65.1 Å². The lowest BCUT2D eigenvalue weighted by Gasteiger charge is -2.12. The Balaban J connectivity index is 1.81. The van der Waals surface area contributed by atoms with Crippen LogP contribution in [0.25, 0.3) is 12.2 Å². The van der Waals surface area contributed by atoms with E-state index in [0.717, 1.165) is 12.0 Å². The molecule has 3 rings (SSSR count). The maximum atomic E-state index is 12.9.